The molecule has 1 aliphatic carbocycles. The Kier molecular flexibility index (Phi) is 5.79. The largest absolute Gasteiger partial charge is 0.481 e. The van der Waals surface area contributed by atoms with Crippen molar-refractivity contribution in [1.29, 1.82) is 0 Å². The molecule has 1 aliphatic rings. The summed E-state index contributed by atoms with van der Waals surface area (Å²) >= 11 is 0. The van der Waals surface area contributed by atoms with Crippen molar-refractivity contribution in [3.63, 3.8) is 0 Å². The van der Waals surface area contributed by atoms with Crippen molar-refractivity contribution in [2.75, 3.05) is 6.54 Å². The molecule has 3 N–H and O–H groups in total. The number of carbonyl (C=O) groups is 2. The van der Waals surface area contributed by atoms with E-state index in [9.17, 15) is 14.7 Å². The molecule has 0 aromatic carbocycles. The summed E-state index contributed by atoms with van der Waals surface area (Å²) < 4.78 is 0. The Morgan fingerprint density at radius 3 is 2.26 bits per heavy atom. The van der Waals surface area contributed by atoms with E-state index in [2.05, 4.69) is 5.32 Å². The van der Waals surface area contributed by atoms with Gasteiger partial charge in [-0.15, -0.1) is 0 Å². The smallest absolute Gasteiger partial charge is 0.303 e. The van der Waals surface area contributed by atoms with Gasteiger partial charge in [-0.2, -0.15) is 0 Å². The minimum atomic E-state index is -0.876. The topological polar surface area (TPSA) is 86.6 Å². The highest BCUT2D eigenvalue weighted by Crippen LogP contribution is 2.26. The average molecular weight is 271 g/mol. The molecule has 5 heteroatoms. The highest BCUT2D eigenvalue weighted by atomic mass is 16.4. The van der Waals surface area contributed by atoms with Crippen LogP contribution in [0.4, 0.5) is 0 Å². The van der Waals surface area contributed by atoms with Crippen LogP contribution in [0.1, 0.15) is 52.4 Å². The highest BCUT2D eigenvalue weighted by Gasteiger charge is 2.26. The van der Waals surface area contributed by atoms with Crippen LogP contribution in [-0.2, 0) is 9.59 Å². The number of carboxylic acids is 1. The zero-order valence-corrected chi connectivity index (χ0v) is 11.8. The molecule has 1 rings (SSSR count). The Morgan fingerprint density at radius 2 is 1.74 bits per heavy atom. The van der Waals surface area contributed by atoms with Crippen LogP contribution in [0, 0.1) is 11.3 Å². The van der Waals surface area contributed by atoms with Crippen LogP contribution in [0.2, 0.25) is 0 Å². The standard InChI is InChI=1S/C14H25NO4/c1-14(2,8-13(18)19)7-12(17)15-9-10-3-5-11(16)6-4-10/h10-11,16H,3-9H2,1-2H3,(H,15,17)(H,18,19). The molecule has 0 aromatic rings. The normalized spacial score (nSPS) is 23.9. The van der Waals surface area contributed by atoms with Crippen LogP contribution in [0.5, 0.6) is 0 Å². The molecular formula is C14H25NO4. The van der Waals surface area contributed by atoms with Gasteiger partial charge in [0.15, 0.2) is 0 Å². The molecule has 1 fully saturated rings. The zero-order valence-electron chi connectivity index (χ0n) is 11.8. The first kappa shape index (κ1) is 16.0. The van der Waals surface area contributed by atoms with E-state index < -0.39 is 11.4 Å². The fourth-order valence-corrected chi connectivity index (χ4v) is 2.58. The van der Waals surface area contributed by atoms with Crippen molar-refractivity contribution in [1.82, 2.24) is 5.32 Å². The summed E-state index contributed by atoms with van der Waals surface area (Å²) in [5.41, 5.74) is -0.515. The third-order valence-electron chi connectivity index (χ3n) is 3.67. The molecule has 0 aromatic heterocycles. The van der Waals surface area contributed by atoms with E-state index in [1.165, 1.54) is 0 Å². The van der Waals surface area contributed by atoms with E-state index in [-0.39, 0.29) is 24.9 Å². The number of amides is 1. The first-order chi connectivity index (χ1) is 8.78. The van der Waals surface area contributed by atoms with E-state index in [4.69, 9.17) is 5.11 Å². The fraction of sp³-hybridized carbons (Fsp3) is 0.857. The molecule has 1 amide bonds. The van der Waals surface area contributed by atoms with Crippen LogP contribution in [0.25, 0.3) is 0 Å². The molecule has 0 aliphatic heterocycles. The molecule has 0 radical (unpaired) electrons. The van der Waals surface area contributed by atoms with Gasteiger partial charge >= 0.3 is 5.97 Å². The van der Waals surface area contributed by atoms with E-state index >= 15 is 0 Å². The average Bonchev–Trinajstić information content (AvgIpc) is 2.25. The molecular weight excluding hydrogens is 246 g/mol. The van der Waals surface area contributed by atoms with E-state index in [0.717, 1.165) is 25.7 Å². The van der Waals surface area contributed by atoms with E-state index in [1.807, 2.05) is 0 Å². The Hall–Kier alpha value is -1.10. The maximum Gasteiger partial charge on any atom is 0.303 e. The number of nitrogens with one attached hydrogen (secondary N) is 1. The predicted molar refractivity (Wildman–Crippen MR) is 71.6 cm³/mol. The molecule has 0 bridgehead atoms. The lowest BCUT2D eigenvalue weighted by Crippen LogP contribution is -2.35. The van der Waals surface area contributed by atoms with Crippen LogP contribution < -0.4 is 5.32 Å². The Balaban J connectivity index is 2.26. The minimum Gasteiger partial charge on any atom is -0.481 e. The molecule has 1 saturated carbocycles. The summed E-state index contributed by atoms with van der Waals surface area (Å²) in [5.74, 6) is -0.522. The summed E-state index contributed by atoms with van der Waals surface area (Å²) in [5, 5.41) is 21.0. The molecule has 0 spiro atoms. The maximum absolute atomic E-state index is 11.8. The van der Waals surface area contributed by atoms with Crippen molar-refractivity contribution in [2.24, 2.45) is 11.3 Å². The molecule has 110 valence electrons. The lowest BCUT2D eigenvalue weighted by molar-refractivity contribution is -0.139. The lowest BCUT2D eigenvalue weighted by Gasteiger charge is -2.26. The van der Waals surface area contributed by atoms with Gasteiger partial charge in [-0.05, 0) is 37.0 Å². The fourth-order valence-electron chi connectivity index (χ4n) is 2.58. The number of hydrogen-bond acceptors (Lipinski definition) is 3. The van der Waals surface area contributed by atoms with Gasteiger partial charge in [0.2, 0.25) is 5.91 Å². The van der Waals surface area contributed by atoms with Gasteiger partial charge in [-0.25, -0.2) is 0 Å². The van der Waals surface area contributed by atoms with E-state index in [0.29, 0.717) is 12.5 Å². The highest BCUT2D eigenvalue weighted by molar-refractivity contribution is 5.77. The zero-order chi connectivity index (χ0) is 14.5. The summed E-state index contributed by atoms with van der Waals surface area (Å²) in [6.07, 6.45) is 3.56. The van der Waals surface area contributed by atoms with Gasteiger partial charge in [0.1, 0.15) is 0 Å². The van der Waals surface area contributed by atoms with Crippen molar-refractivity contribution in [3.05, 3.63) is 0 Å². The van der Waals surface area contributed by atoms with Gasteiger partial charge in [0.25, 0.3) is 0 Å². The number of carboxylic acid groups (broad SMARTS) is 1. The van der Waals surface area contributed by atoms with Crippen molar-refractivity contribution >= 4 is 11.9 Å². The van der Waals surface area contributed by atoms with Crippen molar-refractivity contribution in [3.8, 4) is 0 Å². The SMILES string of the molecule is CC(C)(CC(=O)O)CC(=O)NCC1CCC(O)CC1. The van der Waals surface area contributed by atoms with Crippen LogP contribution in [0.15, 0.2) is 0 Å². The van der Waals surface area contributed by atoms with Crippen LogP contribution in [-0.4, -0.2) is 34.7 Å². The number of aliphatic hydroxyl groups is 1. The second-order valence-corrected chi connectivity index (χ2v) is 6.39. The van der Waals surface area contributed by atoms with Gasteiger partial charge in [0.05, 0.1) is 12.5 Å². The second kappa shape index (κ2) is 6.89. The number of hydrogen-bond donors (Lipinski definition) is 3. The Labute approximate surface area is 114 Å². The monoisotopic (exact) mass is 271 g/mol. The molecule has 19 heavy (non-hydrogen) atoms. The lowest BCUT2D eigenvalue weighted by atomic mass is 9.85. The van der Waals surface area contributed by atoms with Gasteiger partial charge in [0, 0.05) is 13.0 Å². The molecule has 0 atom stereocenters. The molecule has 0 heterocycles. The number of carbonyl (C=O) groups excluding carboxylic acids is 1. The minimum absolute atomic E-state index is 0.00393. The first-order valence-electron chi connectivity index (χ1n) is 6.95. The van der Waals surface area contributed by atoms with Crippen molar-refractivity contribution in [2.45, 2.75) is 58.5 Å². The second-order valence-electron chi connectivity index (χ2n) is 6.39. The summed E-state index contributed by atoms with van der Waals surface area (Å²) in [4.78, 5) is 22.5. The number of aliphatic hydroxyl groups excluding tert-OH is 1. The molecule has 0 unspecified atom stereocenters. The van der Waals surface area contributed by atoms with E-state index in [1.54, 1.807) is 13.8 Å². The van der Waals surface area contributed by atoms with Gasteiger partial charge in [-0.1, -0.05) is 13.8 Å². The third-order valence-corrected chi connectivity index (χ3v) is 3.67. The Morgan fingerprint density at radius 1 is 1.16 bits per heavy atom. The Bertz CT molecular complexity index is 319. The van der Waals surface area contributed by atoms with Crippen molar-refractivity contribution < 1.29 is 19.8 Å². The molecule has 0 saturated heterocycles. The summed E-state index contributed by atoms with van der Waals surface area (Å²) in [6.45, 7) is 4.21. The maximum atomic E-state index is 11.8. The van der Waals surface area contributed by atoms with Gasteiger partial charge < -0.3 is 15.5 Å². The van der Waals surface area contributed by atoms with Gasteiger partial charge in [-0.3, -0.25) is 9.59 Å². The first-order valence-corrected chi connectivity index (χ1v) is 6.95. The number of aliphatic carboxylic acids is 1. The molecule has 5 nitrogen and oxygen atoms in total. The number of rotatable bonds is 6. The van der Waals surface area contributed by atoms with Crippen LogP contribution in [0.3, 0.4) is 0 Å². The predicted octanol–water partition coefficient (Wildman–Crippen LogP) is 1.54. The summed E-state index contributed by atoms with van der Waals surface area (Å²) in [6, 6.07) is 0. The quantitative estimate of drug-likeness (QED) is 0.684. The summed E-state index contributed by atoms with van der Waals surface area (Å²) in [7, 11) is 0. The van der Waals surface area contributed by atoms with Crippen LogP contribution >= 0.6 is 0 Å². The third kappa shape index (κ3) is 6.57.